The molecule has 0 atom stereocenters. The van der Waals surface area contributed by atoms with Gasteiger partial charge in [0, 0.05) is 19.5 Å². The van der Waals surface area contributed by atoms with Crippen LogP contribution in [0, 0.1) is 0 Å². The predicted molar refractivity (Wildman–Crippen MR) is 70.9 cm³/mol. The highest BCUT2D eigenvalue weighted by Crippen LogP contribution is 2.04. The fourth-order valence-electron chi connectivity index (χ4n) is 1.76. The summed E-state index contributed by atoms with van der Waals surface area (Å²) in [6.45, 7) is 7.18. The molecular formula is C10H20Cl2N4O. The molecule has 100 valence electrons. The third kappa shape index (κ3) is 5.21. The van der Waals surface area contributed by atoms with Crippen molar-refractivity contribution >= 4 is 24.8 Å². The smallest absolute Gasteiger partial charge is 0.226 e. The lowest BCUT2D eigenvalue weighted by Crippen LogP contribution is -2.28. The molecule has 2 heterocycles. The van der Waals surface area contributed by atoms with Gasteiger partial charge >= 0.3 is 0 Å². The molecular weight excluding hydrogens is 263 g/mol. The first-order chi connectivity index (χ1) is 7.38. The van der Waals surface area contributed by atoms with Crippen LogP contribution in [-0.4, -0.2) is 41.2 Å². The summed E-state index contributed by atoms with van der Waals surface area (Å²) in [6, 6.07) is 0. The standard InChI is InChI=1S/C10H18N4O.2ClH/c1-2-10-12-9(13-15-10)8-14-6-3-4-11-5-7-14;;/h11H,2-8H2,1H3;2*1H. The maximum Gasteiger partial charge on any atom is 0.226 e. The topological polar surface area (TPSA) is 54.2 Å². The van der Waals surface area contributed by atoms with Crippen molar-refractivity contribution in [3.05, 3.63) is 11.7 Å². The quantitative estimate of drug-likeness (QED) is 0.905. The highest BCUT2D eigenvalue weighted by Gasteiger charge is 2.12. The van der Waals surface area contributed by atoms with E-state index in [1.54, 1.807) is 0 Å². The van der Waals surface area contributed by atoms with Crippen molar-refractivity contribution in [2.24, 2.45) is 0 Å². The van der Waals surface area contributed by atoms with Crippen molar-refractivity contribution in [2.75, 3.05) is 26.2 Å². The Morgan fingerprint density at radius 2 is 2.12 bits per heavy atom. The van der Waals surface area contributed by atoms with Crippen LogP contribution in [0.15, 0.2) is 4.52 Å². The van der Waals surface area contributed by atoms with Crippen molar-refractivity contribution in [2.45, 2.75) is 26.3 Å². The summed E-state index contributed by atoms with van der Waals surface area (Å²) in [6.07, 6.45) is 2.01. The highest BCUT2D eigenvalue weighted by atomic mass is 35.5. The van der Waals surface area contributed by atoms with Gasteiger partial charge in [0.1, 0.15) is 0 Å². The lowest BCUT2D eigenvalue weighted by atomic mass is 10.4. The Labute approximate surface area is 114 Å². The second kappa shape index (κ2) is 8.69. The molecule has 0 amide bonds. The molecule has 0 saturated carbocycles. The molecule has 1 aromatic rings. The Hall–Kier alpha value is -0.360. The number of nitrogens with zero attached hydrogens (tertiary/aromatic N) is 3. The van der Waals surface area contributed by atoms with Gasteiger partial charge in [0.05, 0.1) is 6.54 Å². The van der Waals surface area contributed by atoms with Crippen molar-refractivity contribution in [3.8, 4) is 0 Å². The minimum absolute atomic E-state index is 0. The average molecular weight is 283 g/mol. The molecule has 0 bridgehead atoms. The van der Waals surface area contributed by atoms with E-state index in [2.05, 4.69) is 20.4 Å². The largest absolute Gasteiger partial charge is 0.339 e. The van der Waals surface area contributed by atoms with Gasteiger partial charge < -0.3 is 9.84 Å². The minimum atomic E-state index is 0. The molecule has 1 fully saturated rings. The van der Waals surface area contributed by atoms with Crippen LogP contribution >= 0.6 is 24.8 Å². The number of hydrogen-bond donors (Lipinski definition) is 1. The van der Waals surface area contributed by atoms with Crippen LogP contribution in [0.2, 0.25) is 0 Å². The summed E-state index contributed by atoms with van der Waals surface area (Å²) < 4.78 is 5.08. The Balaban J connectivity index is 0.00000128. The molecule has 0 unspecified atom stereocenters. The Morgan fingerprint density at radius 1 is 1.29 bits per heavy atom. The van der Waals surface area contributed by atoms with E-state index in [9.17, 15) is 0 Å². The van der Waals surface area contributed by atoms with Crippen molar-refractivity contribution in [1.82, 2.24) is 20.4 Å². The van der Waals surface area contributed by atoms with Crippen LogP contribution in [-0.2, 0) is 13.0 Å². The summed E-state index contributed by atoms with van der Waals surface area (Å²) in [5, 5.41) is 7.34. The molecule has 17 heavy (non-hydrogen) atoms. The third-order valence-corrected chi connectivity index (χ3v) is 2.61. The summed E-state index contributed by atoms with van der Waals surface area (Å²) in [5.41, 5.74) is 0. The minimum Gasteiger partial charge on any atom is -0.339 e. The molecule has 1 saturated heterocycles. The molecule has 1 aliphatic heterocycles. The van der Waals surface area contributed by atoms with Crippen LogP contribution in [0.1, 0.15) is 25.1 Å². The van der Waals surface area contributed by atoms with Gasteiger partial charge in [-0.25, -0.2) is 0 Å². The first-order valence-corrected chi connectivity index (χ1v) is 5.63. The first kappa shape index (κ1) is 16.6. The van der Waals surface area contributed by atoms with E-state index in [-0.39, 0.29) is 24.8 Å². The van der Waals surface area contributed by atoms with E-state index >= 15 is 0 Å². The van der Waals surface area contributed by atoms with E-state index in [1.165, 1.54) is 6.42 Å². The van der Waals surface area contributed by atoms with Gasteiger partial charge in [-0.1, -0.05) is 12.1 Å². The number of rotatable bonds is 3. The SMILES string of the molecule is CCc1nc(CN2CCCNCC2)no1.Cl.Cl. The summed E-state index contributed by atoms with van der Waals surface area (Å²) in [4.78, 5) is 6.68. The Morgan fingerprint density at radius 3 is 2.82 bits per heavy atom. The molecule has 2 rings (SSSR count). The van der Waals surface area contributed by atoms with Crippen molar-refractivity contribution in [1.29, 1.82) is 0 Å². The summed E-state index contributed by atoms with van der Waals surface area (Å²) >= 11 is 0. The summed E-state index contributed by atoms with van der Waals surface area (Å²) in [5.74, 6) is 1.55. The van der Waals surface area contributed by atoms with Gasteiger partial charge in [-0.2, -0.15) is 4.98 Å². The zero-order valence-corrected chi connectivity index (χ0v) is 11.6. The molecule has 0 aliphatic carbocycles. The number of hydrogen-bond acceptors (Lipinski definition) is 5. The van der Waals surface area contributed by atoms with Gasteiger partial charge in [-0.05, 0) is 19.5 Å². The van der Waals surface area contributed by atoms with Gasteiger partial charge in [-0.3, -0.25) is 4.90 Å². The van der Waals surface area contributed by atoms with Gasteiger partial charge in [-0.15, -0.1) is 24.8 Å². The maximum absolute atomic E-state index is 5.08. The number of nitrogens with one attached hydrogen (secondary N) is 1. The molecule has 1 N–H and O–H groups in total. The molecule has 0 radical (unpaired) electrons. The van der Waals surface area contributed by atoms with Crippen LogP contribution in [0.5, 0.6) is 0 Å². The second-order valence-electron chi connectivity index (χ2n) is 3.84. The van der Waals surface area contributed by atoms with Crippen LogP contribution < -0.4 is 5.32 Å². The van der Waals surface area contributed by atoms with E-state index in [4.69, 9.17) is 4.52 Å². The van der Waals surface area contributed by atoms with Gasteiger partial charge in [0.2, 0.25) is 5.89 Å². The van der Waals surface area contributed by atoms with Gasteiger partial charge in [0.25, 0.3) is 0 Å². The normalized spacial score (nSPS) is 16.8. The lowest BCUT2D eigenvalue weighted by Gasteiger charge is -2.16. The predicted octanol–water partition coefficient (Wildman–Crippen LogP) is 1.27. The zero-order chi connectivity index (χ0) is 10.5. The molecule has 0 spiro atoms. The van der Waals surface area contributed by atoms with Gasteiger partial charge in [0.15, 0.2) is 5.82 Å². The fourth-order valence-corrected chi connectivity index (χ4v) is 1.76. The molecule has 1 aromatic heterocycles. The van der Waals surface area contributed by atoms with E-state index in [0.29, 0.717) is 0 Å². The molecule has 7 heteroatoms. The van der Waals surface area contributed by atoms with E-state index < -0.39 is 0 Å². The van der Waals surface area contributed by atoms with Crippen molar-refractivity contribution < 1.29 is 4.52 Å². The molecule has 0 aromatic carbocycles. The highest BCUT2D eigenvalue weighted by molar-refractivity contribution is 5.85. The lowest BCUT2D eigenvalue weighted by molar-refractivity contribution is 0.270. The van der Waals surface area contributed by atoms with Crippen LogP contribution in [0.4, 0.5) is 0 Å². The van der Waals surface area contributed by atoms with E-state index in [1.807, 2.05) is 6.92 Å². The average Bonchev–Trinajstić information content (AvgIpc) is 2.54. The Bertz CT molecular complexity index is 300. The summed E-state index contributed by atoms with van der Waals surface area (Å²) in [7, 11) is 0. The fraction of sp³-hybridized carbons (Fsp3) is 0.800. The number of aromatic nitrogens is 2. The zero-order valence-electron chi connectivity index (χ0n) is 10.0. The number of halogens is 2. The third-order valence-electron chi connectivity index (χ3n) is 2.61. The molecule has 1 aliphatic rings. The molecule has 5 nitrogen and oxygen atoms in total. The van der Waals surface area contributed by atoms with E-state index in [0.717, 1.165) is 50.9 Å². The second-order valence-corrected chi connectivity index (χ2v) is 3.84. The van der Waals surface area contributed by atoms with Crippen molar-refractivity contribution in [3.63, 3.8) is 0 Å². The van der Waals surface area contributed by atoms with Crippen LogP contribution in [0.25, 0.3) is 0 Å². The number of aryl methyl sites for hydroxylation is 1. The maximum atomic E-state index is 5.08. The monoisotopic (exact) mass is 282 g/mol. The van der Waals surface area contributed by atoms with Crippen LogP contribution in [0.3, 0.4) is 0 Å². The first-order valence-electron chi connectivity index (χ1n) is 5.63. The Kier molecular flexibility index (Phi) is 8.51.